The van der Waals surface area contributed by atoms with Gasteiger partial charge in [-0.1, -0.05) is 13.8 Å². The van der Waals surface area contributed by atoms with Gasteiger partial charge in [0.1, 0.15) is 5.01 Å². The van der Waals surface area contributed by atoms with Crippen LogP contribution in [0, 0.1) is 0 Å². The SMILES string of the molecule is CCCN(CCC)C(C)c1nc(C(=O)O)cs1. The van der Waals surface area contributed by atoms with Crippen molar-refractivity contribution in [2.45, 2.75) is 39.7 Å². The fourth-order valence-electron chi connectivity index (χ4n) is 1.81. The Hall–Kier alpha value is -0.940. The minimum atomic E-state index is -0.947. The van der Waals surface area contributed by atoms with Gasteiger partial charge in [0, 0.05) is 5.38 Å². The molecule has 1 unspecified atom stereocenters. The van der Waals surface area contributed by atoms with E-state index in [2.05, 4.69) is 30.7 Å². The van der Waals surface area contributed by atoms with Gasteiger partial charge in [0.05, 0.1) is 6.04 Å². The molecule has 1 aromatic rings. The lowest BCUT2D eigenvalue weighted by molar-refractivity contribution is 0.0690. The Morgan fingerprint density at radius 3 is 2.47 bits per heavy atom. The van der Waals surface area contributed by atoms with E-state index in [1.807, 2.05) is 0 Å². The second-order valence-corrected chi connectivity index (χ2v) is 4.98. The molecular weight excluding hydrogens is 236 g/mol. The van der Waals surface area contributed by atoms with Crippen LogP contribution in [-0.4, -0.2) is 34.0 Å². The molecular formula is C12H20N2O2S. The van der Waals surface area contributed by atoms with Crippen LogP contribution in [0.2, 0.25) is 0 Å². The number of rotatable bonds is 7. The average Bonchev–Trinajstić information content (AvgIpc) is 2.77. The highest BCUT2D eigenvalue weighted by Gasteiger charge is 2.19. The first-order valence-electron chi connectivity index (χ1n) is 6.02. The summed E-state index contributed by atoms with van der Waals surface area (Å²) < 4.78 is 0. The van der Waals surface area contributed by atoms with E-state index in [1.165, 1.54) is 11.3 Å². The van der Waals surface area contributed by atoms with Crippen molar-refractivity contribution in [1.82, 2.24) is 9.88 Å². The highest BCUT2D eigenvalue weighted by Crippen LogP contribution is 2.24. The van der Waals surface area contributed by atoms with Gasteiger partial charge in [-0.25, -0.2) is 9.78 Å². The minimum absolute atomic E-state index is 0.157. The van der Waals surface area contributed by atoms with Gasteiger partial charge in [-0.05, 0) is 32.9 Å². The highest BCUT2D eigenvalue weighted by atomic mass is 32.1. The summed E-state index contributed by atoms with van der Waals surface area (Å²) >= 11 is 1.43. The van der Waals surface area contributed by atoms with Crippen LogP contribution in [0.5, 0.6) is 0 Å². The van der Waals surface area contributed by atoms with Crippen LogP contribution in [0.3, 0.4) is 0 Å². The van der Waals surface area contributed by atoms with Crippen molar-refractivity contribution >= 4 is 17.3 Å². The highest BCUT2D eigenvalue weighted by molar-refractivity contribution is 7.09. The first kappa shape index (κ1) is 14.1. The molecule has 0 saturated heterocycles. The Balaban J connectivity index is 2.77. The fourth-order valence-corrected chi connectivity index (χ4v) is 2.69. The Labute approximate surface area is 106 Å². The molecule has 0 bridgehead atoms. The van der Waals surface area contributed by atoms with Crippen molar-refractivity contribution in [2.24, 2.45) is 0 Å². The molecule has 4 nitrogen and oxygen atoms in total. The van der Waals surface area contributed by atoms with Crippen LogP contribution in [-0.2, 0) is 0 Å². The summed E-state index contributed by atoms with van der Waals surface area (Å²) in [6, 6.07) is 0.202. The number of carbonyl (C=O) groups is 1. The van der Waals surface area contributed by atoms with Gasteiger partial charge in [-0.2, -0.15) is 0 Å². The zero-order valence-electron chi connectivity index (χ0n) is 10.6. The van der Waals surface area contributed by atoms with E-state index >= 15 is 0 Å². The van der Waals surface area contributed by atoms with Crippen molar-refractivity contribution in [3.63, 3.8) is 0 Å². The topological polar surface area (TPSA) is 53.4 Å². The van der Waals surface area contributed by atoms with Crippen LogP contribution >= 0.6 is 11.3 Å². The molecule has 5 heteroatoms. The van der Waals surface area contributed by atoms with Gasteiger partial charge >= 0.3 is 5.97 Å². The third-order valence-electron chi connectivity index (χ3n) is 2.67. The summed E-state index contributed by atoms with van der Waals surface area (Å²) in [6.07, 6.45) is 2.20. The van der Waals surface area contributed by atoms with E-state index in [0.717, 1.165) is 30.9 Å². The molecule has 1 N–H and O–H groups in total. The zero-order chi connectivity index (χ0) is 12.8. The molecule has 1 rings (SSSR count). The van der Waals surface area contributed by atoms with Gasteiger partial charge in [0.2, 0.25) is 0 Å². The van der Waals surface area contributed by atoms with Gasteiger partial charge in [0.25, 0.3) is 0 Å². The quantitative estimate of drug-likeness (QED) is 0.814. The summed E-state index contributed by atoms with van der Waals surface area (Å²) in [5, 5.41) is 11.4. The second-order valence-electron chi connectivity index (χ2n) is 4.09. The lowest BCUT2D eigenvalue weighted by atomic mass is 10.2. The van der Waals surface area contributed by atoms with Crippen LogP contribution in [0.1, 0.15) is 55.2 Å². The van der Waals surface area contributed by atoms with Crippen molar-refractivity contribution in [3.8, 4) is 0 Å². The summed E-state index contributed by atoms with van der Waals surface area (Å²) in [7, 11) is 0. The predicted octanol–water partition coefficient (Wildman–Crippen LogP) is 3.02. The van der Waals surface area contributed by atoms with Gasteiger partial charge in [-0.15, -0.1) is 11.3 Å². The second kappa shape index (κ2) is 6.71. The van der Waals surface area contributed by atoms with Crippen LogP contribution < -0.4 is 0 Å². The Morgan fingerprint density at radius 2 is 2.06 bits per heavy atom. The Kier molecular flexibility index (Phi) is 5.58. The molecule has 0 radical (unpaired) electrons. The Morgan fingerprint density at radius 1 is 1.47 bits per heavy atom. The van der Waals surface area contributed by atoms with Crippen LogP contribution in [0.25, 0.3) is 0 Å². The number of nitrogens with zero attached hydrogens (tertiary/aromatic N) is 2. The number of hydrogen-bond acceptors (Lipinski definition) is 4. The molecule has 0 spiro atoms. The molecule has 96 valence electrons. The summed E-state index contributed by atoms with van der Waals surface area (Å²) in [6.45, 7) is 8.45. The maximum atomic E-state index is 10.8. The molecule has 0 aliphatic carbocycles. The van der Waals surface area contributed by atoms with Crippen molar-refractivity contribution in [2.75, 3.05) is 13.1 Å². The van der Waals surface area contributed by atoms with E-state index in [0.29, 0.717) is 0 Å². The van der Waals surface area contributed by atoms with Gasteiger partial charge in [-0.3, -0.25) is 4.90 Å². The summed E-state index contributed by atoms with van der Waals surface area (Å²) in [5.41, 5.74) is 0.157. The largest absolute Gasteiger partial charge is 0.476 e. The van der Waals surface area contributed by atoms with E-state index in [1.54, 1.807) is 5.38 Å². The van der Waals surface area contributed by atoms with Crippen LogP contribution in [0.4, 0.5) is 0 Å². The smallest absolute Gasteiger partial charge is 0.355 e. The fraction of sp³-hybridized carbons (Fsp3) is 0.667. The van der Waals surface area contributed by atoms with Crippen molar-refractivity contribution in [1.29, 1.82) is 0 Å². The van der Waals surface area contributed by atoms with Crippen molar-refractivity contribution < 1.29 is 9.90 Å². The molecule has 17 heavy (non-hydrogen) atoms. The lowest BCUT2D eigenvalue weighted by Crippen LogP contribution is -2.28. The molecule has 0 aliphatic rings. The third kappa shape index (κ3) is 3.78. The molecule has 1 aromatic heterocycles. The predicted molar refractivity (Wildman–Crippen MR) is 69.6 cm³/mol. The van der Waals surface area contributed by atoms with Crippen molar-refractivity contribution in [3.05, 3.63) is 16.1 Å². The first-order chi connectivity index (χ1) is 8.10. The Bertz CT molecular complexity index is 359. The molecule has 0 aliphatic heterocycles. The number of carboxylic acid groups (broad SMARTS) is 1. The van der Waals surface area contributed by atoms with Gasteiger partial charge in [0.15, 0.2) is 5.69 Å². The van der Waals surface area contributed by atoms with E-state index in [-0.39, 0.29) is 11.7 Å². The average molecular weight is 256 g/mol. The van der Waals surface area contributed by atoms with E-state index < -0.39 is 5.97 Å². The molecule has 1 heterocycles. The number of thiazole rings is 1. The minimum Gasteiger partial charge on any atom is -0.476 e. The van der Waals surface area contributed by atoms with Gasteiger partial charge < -0.3 is 5.11 Å². The lowest BCUT2D eigenvalue weighted by Gasteiger charge is -2.26. The summed E-state index contributed by atoms with van der Waals surface area (Å²) in [5.74, 6) is -0.947. The summed E-state index contributed by atoms with van der Waals surface area (Å²) in [4.78, 5) is 17.3. The maximum Gasteiger partial charge on any atom is 0.355 e. The number of hydrogen-bond donors (Lipinski definition) is 1. The monoisotopic (exact) mass is 256 g/mol. The van der Waals surface area contributed by atoms with E-state index in [9.17, 15) is 4.79 Å². The van der Waals surface area contributed by atoms with Crippen LogP contribution in [0.15, 0.2) is 5.38 Å². The number of aromatic nitrogens is 1. The molecule has 0 aromatic carbocycles. The number of carboxylic acids is 1. The molecule has 1 atom stereocenters. The molecule has 0 saturated carbocycles. The zero-order valence-corrected chi connectivity index (χ0v) is 11.5. The first-order valence-corrected chi connectivity index (χ1v) is 6.90. The normalized spacial score (nSPS) is 12.9. The third-order valence-corrected chi connectivity index (χ3v) is 3.68. The maximum absolute atomic E-state index is 10.8. The standard InChI is InChI=1S/C12H20N2O2S/c1-4-6-14(7-5-2)9(3)11-13-10(8-17-11)12(15)16/h8-9H,4-7H2,1-3H3,(H,15,16). The number of aromatic carboxylic acids is 1. The van der Waals surface area contributed by atoms with E-state index in [4.69, 9.17) is 5.11 Å². The molecule has 0 amide bonds. The molecule has 0 fully saturated rings.